The number of fused-ring (bicyclic) bond motifs is 1. The number of ether oxygens (including phenoxy) is 2. The third-order valence-corrected chi connectivity index (χ3v) is 4.27. The van der Waals surface area contributed by atoms with Gasteiger partial charge in [0.2, 0.25) is 0 Å². The van der Waals surface area contributed by atoms with Crippen LogP contribution in [0.2, 0.25) is 0 Å². The molecule has 1 heterocycles. The molecule has 2 aromatic rings. The molecule has 25 heavy (non-hydrogen) atoms. The van der Waals surface area contributed by atoms with Crippen molar-refractivity contribution in [1.82, 2.24) is 4.90 Å². The van der Waals surface area contributed by atoms with Gasteiger partial charge in [-0.15, -0.1) is 0 Å². The molecule has 0 aromatic heterocycles. The number of benzene rings is 2. The summed E-state index contributed by atoms with van der Waals surface area (Å²) < 4.78 is 10.4. The second-order valence-corrected chi connectivity index (χ2v) is 5.77. The molecule has 1 aliphatic rings. The van der Waals surface area contributed by atoms with Crippen LogP contribution < -0.4 is 14.8 Å². The van der Waals surface area contributed by atoms with Gasteiger partial charge < -0.3 is 19.7 Å². The number of methoxy groups -OCH3 is 2. The summed E-state index contributed by atoms with van der Waals surface area (Å²) in [7, 11) is 3.04. The van der Waals surface area contributed by atoms with Crippen LogP contribution in [0.3, 0.4) is 0 Å². The van der Waals surface area contributed by atoms with Gasteiger partial charge in [-0.3, -0.25) is 9.59 Å². The molecular weight excluding hydrogens is 320 g/mol. The topological polar surface area (TPSA) is 67.9 Å². The van der Waals surface area contributed by atoms with E-state index in [0.29, 0.717) is 30.3 Å². The maximum Gasteiger partial charge on any atom is 0.314 e. The molecule has 0 radical (unpaired) electrons. The highest BCUT2D eigenvalue weighted by Crippen LogP contribution is 2.29. The highest BCUT2D eigenvalue weighted by Gasteiger charge is 2.26. The average Bonchev–Trinajstić information content (AvgIpc) is 2.67. The molecule has 0 unspecified atom stereocenters. The van der Waals surface area contributed by atoms with E-state index in [1.807, 2.05) is 18.2 Å². The monoisotopic (exact) mass is 340 g/mol. The van der Waals surface area contributed by atoms with Gasteiger partial charge in [-0.25, -0.2) is 0 Å². The number of rotatable bonds is 3. The summed E-state index contributed by atoms with van der Waals surface area (Å²) in [6.07, 6.45) is 0.751. The largest absolute Gasteiger partial charge is 0.497 e. The van der Waals surface area contributed by atoms with Crippen molar-refractivity contribution in [3.63, 3.8) is 0 Å². The fraction of sp³-hybridized carbons (Fsp3) is 0.263. The molecule has 0 spiro atoms. The Bertz CT molecular complexity index is 804. The number of amides is 2. The minimum Gasteiger partial charge on any atom is -0.497 e. The highest BCUT2D eigenvalue weighted by atomic mass is 16.5. The van der Waals surface area contributed by atoms with Crippen LogP contribution in [0.5, 0.6) is 11.5 Å². The van der Waals surface area contributed by atoms with Crippen LogP contribution >= 0.6 is 0 Å². The molecule has 0 atom stereocenters. The Morgan fingerprint density at radius 1 is 1.04 bits per heavy atom. The van der Waals surface area contributed by atoms with Crippen molar-refractivity contribution < 1.29 is 19.1 Å². The van der Waals surface area contributed by atoms with E-state index in [1.165, 1.54) is 12.7 Å². The standard InChI is InChI=1S/C19H20N2O4/c1-24-15-7-8-16(17(11-15)25-2)20-18(22)19(23)21-10-9-13-5-3-4-6-14(13)12-21/h3-8,11H,9-10,12H2,1-2H3,(H,20,22). The number of nitrogens with zero attached hydrogens (tertiary/aromatic N) is 1. The van der Waals surface area contributed by atoms with Gasteiger partial charge in [0.15, 0.2) is 0 Å². The first-order valence-corrected chi connectivity index (χ1v) is 8.01. The molecule has 6 nitrogen and oxygen atoms in total. The summed E-state index contributed by atoms with van der Waals surface area (Å²) in [6, 6.07) is 13.0. The summed E-state index contributed by atoms with van der Waals surface area (Å²) in [5, 5.41) is 2.62. The molecule has 0 fully saturated rings. The zero-order valence-corrected chi connectivity index (χ0v) is 14.2. The molecule has 0 saturated heterocycles. The maximum absolute atomic E-state index is 12.5. The van der Waals surface area contributed by atoms with Crippen LogP contribution in [-0.2, 0) is 22.6 Å². The van der Waals surface area contributed by atoms with Crippen LogP contribution in [0, 0.1) is 0 Å². The summed E-state index contributed by atoms with van der Waals surface area (Å²) in [4.78, 5) is 26.4. The molecule has 0 aliphatic carbocycles. The molecule has 0 bridgehead atoms. The number of carbonyl (C=O) groups excluding carboxylic acids is 2. The van der Waals surface area contributed by atoms with Crippen molar-refractivity contribution in [1.29, 1.82) is 0 Å². The van der Waals surface area contributed by atoms with Crippen molar-refractivity contribution in [2.75, 3.05) is 26.1 Å². The van der Waals surface area contributed by atoms with Gasteiger partial charge in [0.05, 0.1) is 19.9 Å². The molecule has 0 saturated carbocycles. The Labute approximate surface area is 146 Å². The molecule has 1 N–H and O–H groups in total. The molecule has 6 heteroatoms. The Kier molecular flexibility index (Phi) is 4.88. The van der Waals surface area contributed by atoms with Crippen LogP contribution in [0.4, 0.5) is 5.69 Å². The fourth-order valence-electron chi connectivity index (χ4n) is 2.89. The molecule has 130 valence electrons. The number of nitrogens with one attached hydrogen (secondary N) is 1. The molecule has 2 amide bonds. The maximum atomic E-state index is 12.5. The summed E-state index contributed by atoms with van der Waals surface area (Å²) in [6.45, 7) is 0.977. The first kappa shape index (κ1) is 16.8. The lowest BCUT2D eigenvalue weighted by molar-refractivity contribution is -0.143. The first-order chi connectivity index (χ1) is 12.1. The van der Waals surface area contributed by atoms with E-state index in [2.05, 4.69) is 11.4 Å². The predicted molar refractivity (Wildman–Crippen MR) is 93.7 cm³/mol. The third-order valence-electron chi connectivity index (χ3n) is 4.27. The lowest BCUT2D eigenvalue weighted by atomic mass is 10.00. The second-order valence-electron chi connectivity index (χ2n) is 5.77. The third kappa shape index (κ3) is 3.57. The van der Waals surface area contributed by atoms with Crippen molar-refractivity contribution in [2.45, 2.75) is 13.0 Å². The van der Waals surface area contributed by atoms with Gasteiger partial charge in [0, 0.05) is 19.2 Å². The lowest BCUT2D eigenvalue weighted by Gasteiger charge is -2.28. The van der Waals surface area contributed by atoms with Crippen molar-refractivity contribution in [3.8, 4) is 11.5 Å². The van der Waals surface area contributed by atoms with Gasteiger partial charge in [-0.05, 0) is 29.7 Å². The van der Waals surface area contributed by atoms with Crippen molar-refractivity contribution in [2.24, 2.45) is 0 Å². The Morgan fingerprint density at radius 3 is 2.52 bits per heavy atom. The van der Waals surface area contributed by atoms with Gasteiger partial charge in [-0.2, -0.15) is 0 Å². The van der Waals surface area contributed by atoms with E-state index in [1.54, 1.807) is 30.2 Å². The number of anilines is 1. The molecule has 1 aliphatic heterocycles. The highest BCUT2D eigenvalue weighted by molar-refractivity contribution is 6.39. The average molecular weight is 340 g/mol. The Morgan fingerprint density at radius 2 is 1.80 bits per heavy atom. The molecular formula is C19H20N2O4. The number of hydrogen-bond acceptors (Lipinski definition) is 4. The summed E-state index contributed by atoms with van der Waals surface area (Å²) >= 11 is 0. The first-order valence-electron chi connectivity index (χ1n) is 8.01. The molecule has 3 rings (SSSR count). The van der Waals surface area contributed by atoms with Crippen molar-refractivity contribution in [3.05, 3.63) is 53.6 Å². The van der Waals surface area contributed by atoms with Crippen LogP contribution in [0.25, 0.3) is 0 Å². The quantitative estimate of drug-likeness (QED) is 0.870. The van der Waals surface area contributed by atoms with E-state index in [4.69, 9.17) is 9.47 Å². The van der Waals surface area contributed by atoms with E-state index in [0.717, 1.165) is 12.0 Å². The zero-order chi connectivity index (χ0) is 17.8. The van der Waals surface area contributed by atoms with Gasteiger partial charge >= 0.3 is 11.8 Å². The minimum atomic E-state index is -0.678. The zero-order valence-electron chi connectivity index (χ0n) is 14.2. The van der Waals surface area contributed by atoms with E-state index >= 15 is 0 Å². The van der Waals surface area contributed by atoms with E-state index < -0.39 is 11.8 Å². The summed E-state index contributed by atoms with van der Waals surface area (Å²) in [5.74, 6) is -0.187. The van der Waals surface area contributed by atoms with Gasteiger partial charge in [0.25, 0.3) is 0 Å². The fourth-order valence-corrected chi connectivity index (χ4v) is 2.89. The lowest BCUT2D eigenvalue weighted by Crippen LogP contribution is -2.42. The van der Waals surface area contributed by atoms with E-state index in [-0.39, 0.29) is 0 Å². The van der Waals surface area contributed by atoms with Gasteiger partial charge in [-0.1, -0.05) is 24.3 Å². The van der Waals surface area contributed by atoms with Gasteiger partial charge in [0.1, 0.15) is 11.5 Å². The predicted octanol–water partition coefficient (Wildman–Crippen LogP) is 2.23. The van der Waals surface area contributed by atoms with Crippen LogP contribution in [-0.4, -0.2) is 37.5 Å². The molecule has 2 aromatic carbocycles. The van der Waals surface area contributed by atoms with Crippen LogP contribution in [0.1, 0.15) is 11.1 Å². The minimum absolute atomic E-state index is 0.430. The Hall–Kier alpha value is -3.02. The van der Waals surface area contributed by atoms with Crippen LogP contribution in [0.15, 0.2) is 42.5 Å². The number of carbonyl (C=O) groups is 2. The summed E-state index contributed by atoms with van der Waals surface area (Å²) in [5.41, 5.74) is 2.74. The Balaban J connectivity index is 1.71. The van der Waals surface area contributed by atoms with Crippen molar-refractivity contribution >= 4 is 17.5 Å². The number of hydrogen-bond donors (Lipinski definition) is 1. The second kappa shape index (κ2) is 7.25. The smallest absolute Gasteiger partial charge is 0.314 e. The normalized spacial score (nSPS) is 13.0. The van der Waals surface area contributed by atoms with E-state index in [9.17, 15) is 9.59 Å². The SMILES string of the molecule is COc1ccc(NC(=O)C(=O)N2CCc3ccccc3C2)c(OC)c1.